The van der Waals surface area contributed by atoms with Crippen LogP contribution in [0, 0.1) is 71.0 Å². The monoisotopic (exact) mass is 805 g/mol. The van der Waals surface area contributed by atoms with Gasteiger partial charge in [-0.25, -0.2) is 0 Å². The maximum atomic E-state index is 3.97. The minimum Gasteiger partial charge on any atom is -0.103 e. The van der Waals surface area contributed by atoms with Crippen molar-refractivity contribution in [1.29, 1.82) is 0 Å². The molecule has 0 heterocycles. The van der Waals surface area contributed by atoms with E-state index >= 15 is 0 Å². The Morgan fingerprint density at radius 3 is 0.807 bits per heavy atom. The number of hydrogen-bond donors (Lipinski definition) is 0. The van der Waals surface area contributed by atoms with Crippen LogP contribution in [0.25, 0.3) is 0 Å². The molecule has 0 aromatic rings. The minimum absolute atomic E-state index is 0. The Morgan fingerprint density at radius 2 is 0.561 bits per heavy atom. The Balaban J connectivity index is -0.000000181. The Kier molecular flexibility index (Phi) is 30.5. The fraction of sp³-hybridized carbons (Fsp3) is 0.895. The van der Waals surface area contributed by atoms with E-state index in [1.807, 2.05) is 0 Å². The van der Waals surface area contributed by atoms with Gasteiger partial charge in [0.2, 0.25) is 0 Å². The summed E-state index contributed by atoms with van der Waals surface area (Å²) in [6.45, 7) is 18.9. The molecule has 0 atom stereocenters. The van der Waals surface area contributed by atoms with E-state index in [0.29, 0.717) is 0 Å². The largest absolute Gasteiger partial charge is 0.103 e. The van der Waals surface area contributed by atoms with Gasteiger partial charge in [0.15, 0.2) is 0 Å². The topological polar surface area (TPSA) is 0 Å². The van der Waals surface area contributed by atoms with Crippen LogP contribution in [0.3, 0.4) is 0 Å². The van der Waals surface area contributed by atoms with Crippen molar-refractivity contribution < 1.29 is 8.56 Å². The number of allylic oxidation sites excluding steroid dienone is 3. The first kappa shape index (κ1) is 54.2. The first-order chi connectivity index (χ1) is 26.5. The van der Waals surface area contributed by atoms with Gasteiger partial charge < -0.3 is 0 Å². The molecule has 0 aromatic heterocycles. The predicted molar refractivity (Wildman–Crippen MR) is 275 cm³/mol. The first-order valence-electron chi connectivity index (χ1n) is 25.4. The lowest BCUT2D eigenvalue weighted by atomic mass is 9.68. The summed E-state index contributed by atoms with van der Waals surface area (Å²) in [5, 5.41) is 0. The van der Waals surface area contributed by atoms with E-state index in [4.69, 9.17) is 0 Å². The molecule has 0 radical (unpaired) electrons. The van der Waals surface area contributed by atoms with E-state index in [1.165, 1.54) is 199 Å². The highest BCUT2D eigenvalue weighted by Crippen LogP contribution is 2.45. The zero-order valence-corrected chi connectivity index (χ0v) is 37.1. The molecule has 348 valence electrons. The number of hydrogen-bond acceptors (Lipinski definition) is 0. The highest BCUT2D eigenvalue weighted by Gasteiger charge is 2.32. The zero-order valence-electron chi connectivity index (χ0n) is 37.1. The summed E-state index contributed by atoms with van der Waals surface area (Å²) < 4.78 is 0. The van der Waals surface area contributed by atoms with Crippen molar-refractivity contribution in [2.75, 3.05) is 0 Å². The van der Waals surface area contributed by atoms with Crippen molar-refractivity contribution in [2.24, 2.45) is 71.0 Å². The Morgan fingerprint density at radius 1 is 0.316 bits per heavy atom. The van der Waals surface area contributed by atoms with Crippen LogP contribution in [0.5, 0.6) is 0 Å². The lowest BCUT2D eigenvalue weighted by Crippen LogP contribution is -2.25. The molecule has 0 heteroatoms. The highest BCUT2D eigenvalue weighted by molar-refractivity contribution is 4.90. The summed E-state index contributed by atoms with van der Waals surface area (Å²) in [5.74, 6) is 12.1. The second kappa shape index (κ2) is 32.0. The lowest BCUT2D eigenvalue weighted by Gasteiger charge is -2.37. The van der Waals surface area contributed by atoms with Crippen molar-refractivity contribution in [1.82, 2.24) is 0 Å². The maximum Gasteiger partial charge on any atom is 0 e. The summed E-state index contributed by atoms with van der Waals surface area (Å²) >= 11 is 0. The van der Waals surface area contributed by atoms with Gasteiger partial charge in [-0.05, 0) is 187 Å². The molecule has 0 nitrogen and oxygen atoms in total. The average Bonchev–Trinajstić information content (AvgIpc) is 3.24. The standard InChI is InChI=1S/C19H34.C18H32.C17H30.3CH4.6H2/c1-3-5-6-7-17-10-14-19(15-11-17)18-12-8-16(4-2)9-13-18;1-3-5-6-16-9-13-18(14-10-16)17-11-7-15(4-2)8-12-17;1-3-5-15-8-12-17(13-9-15)16-10-6-14(4-2)7-11-16;;;;;;;;;/h4,16-19H,2-3,5-15H2,1H3;4,15-18H,2-3,5-14H2,1H3;4,14-17H,2-3,5-13H2,1H3;3*1H4;6*1H. The van der Waals surface area contributed by atoms with E-state index in [2.05, 4.69) is 58.7 Å². The molecule has 0 bridgehead atoms. The fourth-order valence-corrected chi connectivity index (χ4v) is 13.0. The Bertz CT molecular complexity index is 955. The quantitative estimate of drug-likeness (QED) is 0.114. The summed E-state index contributed by atoms with van der Waals surface area (Å²) in [6.07, 6.45) is 55.5. The molecule has 0 N–H and O–H groups in total. The molecule has 6 rings (SSSR count). The molecule has 0 aliphatic heterocycles. The maximum absolute atomic E-state index is 3.97. The van der Waals surface area contributed by atoms with Gasteiger partial charge in [-0.2, -0.15) is 0 Å². The zero-order chi connectivity index (χ0) is 38.4. The normalized spacial score (nSPS) is 35.4. The molecule has 6 aliphatic rings. The van der Waals surface area contributed by atoms with E-state index in [9.17, 15) is 0 Å². The van der Waals surface area contributed by atoms with Crippen LogP contribution in [0.15, 0.2) is 38.0 Å². The average molecular weight is 806 g/mol. The van der Waals surface area contributed by atoms with E-state index < -0.39 is 0 Å². The molecule has 0 saturated heterocycles. The molecule has 6 aliphatic carbocycles. The fourth-order valence-electron chi connectivity index (χ4n) is 13.0. The van der Waals surface area contributed by atoms with Gasteiger partial charge in [0.25, 0.3) is 0 Å². The molecule has 57 heavy (non-hydrogen) atoms. The second-order valence-electron chi connectivity index (χ2n) is 20.5. The summed E-state index contributed by atoms with van der Waals surface area (Å²) in [6, 6.07) is 0. The summed E-state index contributed by atoms with van der Waals surface area (Å²) in [7, 11) is 0. The van der Waals surface area contributed by atoms with Crippen molar-refractivity contribution in [3.8, 4) is 0 Å². The van der Waals surface area contributed by atoms with Crippen LogP contribution in [0.2, 0.25) is 0 Å². The van der Waals surface area contributed by atoms with Crippen molar-refractivity contribution in [3.63, 3.8) is 0 Å². The predicted octanol–water partition coefficient (Wildman–Crippen LogP) is 21.3. The van der Waals surface area contributed by atoms with Crippen molar-refractivity contribution in [2.45, 2.75) is 255 Å². The van der Waals surface area contributed by atoms with Crippen molar-refractivity contribution >= 4 is 0 Å². The highest BCUT2D eigenvalue weighted by atomic mass is 14.4. The molecular weight excluding hydrogens is 685 g/mol. The number of unbranched alkanes of at least 4 members (excludes halogenated alkanes) is 3. The van der Waals surface area contributed by atoms with Gasteiger partial charge in [-0.1, -0.05) is 158 Å². The number of rotatable bonds is 15. The molecule has 0 unspecified atom stereocenters. The van der Waals surface area contributed by atoms with E-state index in [1.54, 1.807) is 12.8 Å². The minimum atomic E-state index is 0. The lowest BCUT2D eigenvalue weighted by molar-refractivity contribution is 0.151. The first-order valence-corrected chi connectivity index (χ1v) is 25.4. The summed E-state index contributed by atoms with van der Waals surface area (Å²) in [4.78, 5) is 0. The second-order valence-corrected chi connectivity index (χ2v) is 20.5. The molecule has 6 fully saturated rings. The van der Waals surface area contributed by atoms with Gasteiger partial charge >= 0.3 is 0 Å². The summed E-state index contributed by atoms with van der Waals surface area (Å²) in [5.41, 5.74) is 0. The SMILES string of the molecule is C.C.C.C=CC1CCC(C2CCC(CCC)CC2)CC1.C=CC1CCC(C2CCC(CCCC)CC2)CC1.C=CC1CCC(C2CCC(CCCCC)CC2)CC1.[HH].[HH].[HH].[HH].[HH].[HH]. The molecule has 6 saturated carbocycles. The Labute approximate surface area is 371 Å². The third-order valence-corrected chi connectivity index (χ3v) is 17.0. The van der Waals surface area contributed by atoms with Gasteiger partial charge in [0.05, 0.1) is 0 Å². The third-order valence-electron chi connectivity index (χ3n) is 17.0. The van der Waals surface area contributed by atoms with E-state index in [-0.39, 0.29) is 30.8 Å². The van der Waals surface area contributed by atoms with Gasteiger partial charge in [-0.15, -0.1) is 19.7 Å². The Hall–Kier alpha value is -0.780. The van der Waals surface area contributed by atoms with Gasteiger partial charge in [-0.3, -0.25) is 0 Å². The van der Waals surface area contributed by atoms with Crippen LogP contribution in [-0.4, -0.2) is 0 Å². The van der Waals surface area contributed by atoms with Crippen LogP contribution in [-0.2, 0) is 0 Å². The van der Waals surface area contributed by atoms with Crippen LogP contribution in [0.4, 0.5) is 0 Å². The third kappa shape index (κ3) is 19.6. The van der Waals surface area contributed by atoms with Crippen LogP contribution < -0.4 is 0 Å². The molecule has 0 spiro atoms. The van der Waals surface area contributed by atoms with Gasteiger partial charge in [0.1, 0.15) is 0 Å². The smallest absolute Gasteiger partial charge is 0 e. The van der Waals surface area contributed by atoms with E-state index in [0.717, 1.165) is 71.0 Å². The molecular formula is C57H120. The van der Waals surface area contributed by atoms with Crippen molar-refractivity contribution in [3.05, 3.63) is 38.0 Å². The van der Waals surface area contributed by atoms with Crippen LogP contribution >= 0.6 is 0 Å². The van der Waals surface area contributed by atoms with Gasteiger partial charge in [0, 0.05) is 8.56 Å². The molecule has 0 amide bonds. The molecule has 0 aromatic carbocycles. The van der Waals surface area contributed by atoms with Crippen LogP contribution in [0.1, 0.15) is 263 Å².